The standard InChI is InChI=1S/C24H27N7O2/c1-16(2)31-28-14-22(30-31)29-24-20-12-18(7-9-21(20)26-15-27-24)33-23-10-8-19(13-25-23)32-11-3-4-17-5-6-17/h7-10,12-17H,3-6,11H2,1-2H3,(H,26,27,29,30). The third-order valence-electron chi connectivity index (χ3n) is 5.48. The lowest BCUT2D eigenvalue weighted by Crippen LogP contribution is -2.05. The Labute approximate surface area is 192 Å². The molecule has 0 aliphatic heterocycles. The molecule has 170 valence electrons. The molecule has 0 saturated heterocycles. The molecule has 0 bridgehead atoms. The molecule has 4 aromatic rings. The van der Waals surface area contributed by atoms with Crippen LogP contribution in [0.5, 0.6) is 17.4 Å². The lowest BCUT2D eigenvalue weighted by molar-refractivity contribution is 0.301. The Morgan fingerprint density at radius 2 is 1.94 bits per heavy atom. The first-order chi connectivity index (χ1) is 16.1. The number of fused-ring (bicyclic) bond motifs is 1. The minimum Gasteiger partial charge on any atom is -0.492 e. The fourth-order valence-electron chi connectivity index (χ4n) is 3.50. The Hall–Kier alpha value is -3.75. The zero-order valence-corrected chi connectivity index (χ0v) is 18.8. The Morgan fingerprint density at radius 3 is 2.70 bits per heavy atom. The van der Waals surface area contributed by atoms with Crippen molar-refractivity contribution in [1.29, 1.82) is 0 Å². The van der Waals surface area contributed by atoms with E-state index in [0.29, 0.717) is 23.3 Å². The lowest BCUT2D eigenvalue weighted by atomic mass is 10.2. The number of rotatable bonds is 10. The number of pyridine rings is 1. The van der Waals surface area contributed by atoms with Gasteiger partial charge in [0.2, 0.25) is 5.88 Å². The number of hydrogen-bond donors (Lipinski definition) is 1. The summed E-state index contributed by atoms with van der Waals surface area (Å²) < 4.78 is 11.7. The van der Waals surface area contributed by atoms with Crippen molar-refractivity contribution in [3.8, 4) is 17.4 Å². The second-order valence-electron chi connectivity index (χ2n) is 8.54. The van der Waals surface area contributed by atoms with Gasteiger partial charge in [0.05, 0.1) is 30.6 Å². The smallest absolute Gasteiger partial charge is 0.219 e. The number of benzene rings is 1. The van der Waals surface area contributed by atoms with Crippen molar-refractivity contribution in [2.24, 2.45) is 5.92 Å². The average molecular weight is 446 g/mol. The Bertz CT molecular complexity index is 1220. The highest BCUT2D eigenvalue weighted by Gasteiger charge is 2.20. The van der Waals surface area contributed by atoms with Gasteiger partial charge in [0.25, 0.3) is 0 Å². The van der Waals surface area contributed by atoms with Crippen molar-refractivity contribution in [3.05, 3.63) is 49.1 Å². The fraction of sp³-hybridized carbons (Fsp3) is 0.375. The first-order valence-corrected chi connectivity index (χ1v) is 11.3. The molecule has 1 aliphatic rings. The number of ether oxygens (including phenoxy) is 2. The van der Waals surface area contributed by atoms with Gasteiger partial charge in [-0.15, -0.1) is 5.10 Å². The van der Waals surface area contributed by atoms with Gasteiger partial charge in [-0.25, -0.2) is 15.0 Å². The van der Waals surface area contributed by atoms with Crippen LogP contribution in [0.3, 0.4) is 0 Å². The molecule has 5 rings (SSSR count). The SMILES string of the molecule is CC(C)n1ncc(Nc2ncnc3ccc(Oc4ccc(OCCCC5CC5)cn4)cc23)n1. The predicted molar refractivity (Wildman–Crippen MR) is 125 cm³/mol. The topological polar surface area (TPSA) is 99.9 Å². The molecule has 1 aromatic carbocycles. The molecule has 0 unspecified atom stereocenters. The highest BCUT2D eigenvalue weighted by atomic mass is 16.5. The minimum atomic E-state index is 0.176. The molecule has 1 fully saturated rings. The summed E-state index contributed by atoms with van der Waals surface area (Å²) in [4.78, 5) is 14.7. The molecular weight excluding hydrogens is 418 g/mol. The van der Waals surface area contributed by atoms with Crippen LogP contribution in [0, 0.1) is 5.92 Å². The molecule has 0 spiro atoms. The lowest BCUT2D eigenvalue weighted by Gasteiger charge is -2.10. The van der Waals surface area contributed by atoms with Crippen molar-refractivity contribution in [2.45, 2.75) is 45.6 Å². The zero-order valence-electron chi connectivity index (χ0n) is 18.8. The predicted octanol–water partition coefficient (Wildman–Crippen LogP) is 5.30. The summed E-state index contributed by atoms with van der Waals surface area (Å²) in [5.41, 5.74) is 0.791. The summed E-state index contributed by atoms with van der Waals surface area (Å²) in [7, 11) is 0. The summed E-state index contributed by atoms with van der Waals surface area (Å²) in [5.74, 6) is 4.06. The van der Waals surface area contributed by atoms with Gasteiger partial charge in [-0.1, -0.05) is 12.8 Å². The molecule has 0 amide bonds. The molecular formula is C24H27N7O2. The molecule has 0 radical (unpaired) electrons. The number of nitrogens with zero attached hydrogens (tertiary/aromatic N) is 6. The number of aromatic nitrogens is 6. The highest BCUT2D eigenvalue weighted by molar-refractivity contribution is 5.91. The first kappa shape index (κ1) is 21.1. The largest absolute Gasteiger partial charge is 0.492 e. The van der Waals surface area contributed by atoms with Crippen LogP contribution in [0.25, 0.3) is 10.9 Å². The Kier molecular flexibility index (Phi) is 6.01. The summed E-state index contributed by atoms with van der Waals surface area (Å²) in [6, 6.07) is 9.50. The second kappa shape index (κ2) is 9.40. The van der Waals surface area contributed by atoms with Gasteiger partial charge in [-0.05, 0) is 56.9 Å². The number of nitrogens with one attached hydrogen (secondary N) is 1. The van der Waals surface area contributed by atoms with E-state index in [1.54, 1.807) is 17.2 Å². The van der Waals surface area contributed by atoms with Crippen LogP contribution in [-0.2, 0) is 0 Å². The first-order valence-electron chi connectivity index (χ1n) is 11.3. The molecule has 9 nitrogen and oxygen atoms in total. The summed E-state index contributed by atoms with van der Waals surface area (Å²) >= 11 is 0. The highest BCUT2D eigenvalue weighted by Crippen LogP contribution is 2.33. The van der Waals surface area contributed by atoms with Crippen LogP contribution < -0.4 is 14.8 Å². The van der Waals surface area contributed by atoms with Crippen molar-refractivity contribution in [3.63, 3.8) is 0 Å². The molecule has 1 saturated carbocycles. The van der Waals surface area contributed by atoms with Crippen LogP contribution in [0.4, 0.5) is 11.6 Å². The molecule has 1 aliphatic carbocycles. The maximum atomic E-state index is 5.97. The van der Waals surface area contributed by atoms with Crippen molar-refractivity contribution in [2.75, 3.05) is 11.9 Å². The fourth-order valence-corrected chi connectivity index (χ4v) is 3.50. The molecule has 33 heavy (non-hydrogen) atoms. The van der Waals surface area contributed by atoms with E-state index in [2.05, 4.69) is 30.5 Å². The van der Waals surface area contributed by atoms with E-state index >= 15 is 0 Å². The van der Waals surface area contributed by atoms with Crippen LogP contribution in [-0.4, -0.2) is 36.6 Å². The zero-order chi connectivity index (χ0) is 22.6. The summed E-state index contributed by atoms with van der Waals surface area (Å²) in [6.45, 7) is 4.77. The van der Waals surface area contributed by atoms with Gasteiger partial charge in [0.15, 0.2) is 5.82 Å². The number of anilines is 2. The van der Waals surface area contributed by atoms with Gasteiger partial charge in [-0.2, -0.15) is 9.90 Å². The van der Waals surface area contributed by atoms with E-state index in [9.17, 15) is 0 Å². The molecule has 0 atom stereocenters. The Balaban J connectivity index is 1.26. The van der Waals surface area contributed by atoms with E-state index < -0.39 is 0 Å². The van der Waals surface area contributed by atoms with Gasteiger partial charge in [-0.3, -0.25) is 0 Å². The van der Waals surface area contributed by atoms with Crippen molar-refractivity contribution >= 4 is 22.5 Å². The number of hydrogen-bond acceptors (Lipinski definition) is 8. The van der Waals surface area contributed by atoms with E-state index in [0.717, 1.165) is 35.6 Å². The van der Waals surface area contributed by atoms with Gasteiger partial charge in [0, 0.05) is 11.5 Å². The quantitative estimate of drug-likeness (QED) is 0.328. The van der Waals surface area contributed by atoms with Gasteiger partial charge >= 0.3 is 0 Å². The van der Waals surface area contributed by atoms with Gasteiger partial charge < -0.3 is 14.8 Å². The minimum absolute atomic E-state index is 0.176. The van der Waals surface area contributed by atoms with E-state index in [1.807, 2.05) is 44.2 Å². The van der Waals surface area contributed by atoms with E-state index in [-0.39, 0.29) is 6.04 Å². The molecule has 3 aromatic heterocycles. The molecule has 1 N–H and O–H groups in total. The normalized spacial score (nSPS) is 13.4. The maximum absolute atomic E-state index is 5.97. The second-order valence-corrected chi connectivity index (χ2v) is 8.54. The average Bonchev–Trinajstić information content (AvgIpc) is 3.53. The summed E-state index contributed by atoms with van der Waals surface area (Å²) in [5, 5.41) is 12.7. The van der Waals surface area contributed by atoms with Gasteiger partial charge in [0.1, 0.15) is 23.6 Å². The van der Waals surface area contributed by atoms with E-state index in [4.69, 9.17) is 9.47 Å². The van der Waals surface area contributed by atoms with E-state index in [1.165, 1.54) is 25.6 Å². The van der Waals surface area contributed by atoms with Crippen molar-refractivity contribution in [1.82, 2.24) is 29.9 Å². The van der Waals surface area contributed by atoms with Crippen LogP contribution in [0.2, 0.25) is 0 Å². The Morgan fingerprint density at radius 1 is 1.06 bits per heavy atom. The maximum Gasteiger partial charge on any atom is 0.219 e. The van der Waals surface area contributed by atoms with Crippen LogP contribution >= 0.6 is 0 Å². The van der Waals surface area contributed by atoms with Crippen LogP contribution in [0.15, 0.2) is 49.1 Å². The monoisotopic (exact) mass is 445 g/mol. The summed E-state index contributed by atoms with van der Waals surface area (Å²) in [6.07, 6.45) is 10.00. The molecule has 9 heteroatoms. The van der Waals surface area contributed by atoms with Crippen LogP contribution in [0.1, 0.15) is 45.6 Å². The molecule has 3 heterocycles. The third-order valence-corrected chi connectivity index (χ3v) is 5.48. The van der Waals surface area contributed by atoms with Crippen molar-refractivity contribution < 1.29 is 9.47 Å². The third kappa shape index (κ3) is 5.36.